The molecule has 0 bridgehead atoms. The highest BCUT2D eigenvalue weighted by atomic mass is 15.5. The predicted molar refractivity (Wildman–Crippen MR) is 88.6 cm³/mol. The highest BCUT2D eigenvalue weighted by molar-refractivity contribution is 5.67. The molecule has 10 nitrogen and oxygen atoms in total. The van der Waals surface area contributed by atoms with Crippen LogP contribution >= 0.6 is 0 Å². The zero-order chi connectivity index (χ0) is 17.4. The van der Waals surface area contributed by atoms with Gasteiger partial charge in [-0.15, -0.1) is 15.3 Å². The Bertz CT molecular complexity index is 1120. The van der Waals surface area contributed by atoms with Crippen molar-refractivity contribution in [2.24, 2.45) is 10.2 Å². The third kappa shape index (κ3) is 2.43. The summed E-state index contributed by atoms with van der Waals surface area (Å²) in [4.78, 5) is 11.9. The number of H-pyrrole nitrogens is 1. The maximum Gasteiger partial charge on any atom is 0.252 e. The first kappa shape index (κ1) is 14.7. The number of aromatic amines is 1. The maximum absolute atomic E-state index is 7.31. The van der Waals surface area contributed by atoms with Gasteiger partial charge < -0.3 is 0 Å². The van der Waals surface area contributed by atoms with Gasteiger partial charge in [-0.25, -0.2) is 14.5 Å². The van der Waals surface area contributed by atoms with Crippen LogP contribution in [0.2, 0.25) is 0 Å². The van der Waals surface area contributed by atoms with Crippen molar-refractivity contribution in [2.75, 3.05) is 0 Å². The molecule has 25 heavy (non-hydrogen) atoms. The summed E-state index contributed by atoms with van der Waals surface area (Å²) in [6, 6.07) is 3.61. The van der Waals surface area contributed by atoms with Gasteiger partial charge in [0.15, 0.2) is 11.5 Å². The maximum atomic E-state index is 7.31. The van der Waals surface area contributed by atoms with Crippen LogP contribution in [0.4, 0.5) is 17.2 Å². The molecule has 0 atom stereocenters. The first-order valence-corrected chi connectivity index (χ1v) is 7.37. The Labute approximate surface area is 141 Å². The van der Waals surface area contributed by atoms with Gasteiger partial charge in [-0.2, -0.15) is 9.73 Å². The van der Waals surface area contributed by atoms with Crippen LogP contribution in [0, 0.1) is 20.4 Å². The smallest absolute Gasteiger partial charge is 0.252 e. The van der Waals surface area contributed by atoms with Gasteiger partial charge in [0.05, 0.1) is 30.3 Å². The molecular formula is C15H12N10. The number of pyridine rings is 1. The second-order valence-electron chi connectivity index (χ2n) is 5.27. The van der Waals surface area contributed by atoms with Crippen LogP contribution in [0.25, 0.3) is 16.2 Å². The van der Waals surface area contributed by atoms with Gasteiger partial charge in [0.2, 0.25) is 5.65 Å². The van der Waals surface area contributed by atoms with E-state index in [1.54, 1.807) is 30.0 Å². The van der Waals surface area contributed by atoms with Crippen molar-refractivity contribution in [3.05, 3.63) is 53.7 Å². The molecule has 0 aromatic carbocycles. The van der Waals surface area contributed by atoms with Crippen molar-refractivity contribution in [3.8, 4) is 5.69 Å². The molecule has 0 unspecified atom stereocenters. The lowest BCUT2D eigenvalue weighted by molar-refractivity contribution is 0.793. The van der Waals surface area contributed by atoms with Gasteiger partial charge >= 0.3 is 0 Å². The second-order valence-corrected chi connectivity index (χ2v) is 5.27. The lowest BCUT2D eigenvalue weighted by atomic mass is 10.4. The Balaban J connectivity index is 1.82. The van der Waals surface area contributed by atoms with Gasteiger partial charge in [-0.3, -0.25) is 10.1 Å². The number of hydrogen-bond acceptors (Lipinski definition) is 6. The van der Waals surface area contributed by atoms with Crippen LogP contribution in [0.1, 0.15) is 11.5 Å². The summed E-state index contributed by atoms with van der Waals surface area (Å²) in [5, 5.41) is 20.0. The van der Waals surface area contributed by atoms with Crippen LogP contribution in [0.3, 0.4) is 0 Å². The average molecular weight is 332 g/mol. The number of aromatic nitrogens is 7. The summed E-state index contributed by atoms with van der Waals surface area (Å²) in [5.41, 5.74) is 2.91. The van der Waals surface area contributed by atoms with Crippen molar-refractivity contribution >= 4 is 22.8 Å². The van der Waals surface area contributed by atoms with E-state index in [0.717, 1.165) is 5.69 Å². The van der Waals surface area contributed by atoms with Crippen LogP contribution in [-0.2, 0) is 0 Å². The minimum atomic E-state index is 0.300. The molecule has 4 heterocycles. The molecule has 0 saturated heterocycles. The molecule has 4 aromatic rings. The Morgan fingerprint density at radius 1 is 1.24 bits per heavy atom. The van der Waals surface area contributed by atoms with E-state index in [0.29, 0.717) is 34.4 Å². The largest absolute Gasteiger partial charge is 0.278 e. The SMILES string of the molecule is [C-]#[N+]c1cnn(-c2cccnc2)c1N=Nc1c(C)[nH]n2nc(C)nc12. The molecule has 1 N–H and O–H groups in total. The van der Waals surface area contributed by atoms with Crippen LogP contribution < -0.4 is 0 Å². The van der Waals surface area contributed by atoms with Gasteiger partial charge in [0, 0.05) is 6.20 Å². The van der Waals surface area contributed by atoms with E-state index in [-0.39, 0.29) is 0 Å². The number of nitrogens with zero attached hydrogens (tertiary/aromatic N) is 9. The number of nitrogens with one attached hydrogen (secondary N) is 1. The normalized spacial score (nSPS) is 11.4. The van der Waals surface area contributed by atoms with E-state index in [1.807, 2.05) is 13.0 Å². The summed E-state index contributed by atoms with van der Waals surface area (Å²) in [6.07, 6.45) is 4.76. The molecule has 0 amide bonds. The minimum Gasteiger partial charge on any atom is -0.278 e. The van der Waals surface area contributed by atoms with Crippen molar-refractivity contribution in [3.63, 3.8) is 0 Å². The number of rotatable bonds is 3. The Morgan fingerprint density at radius 2 is 2.12 bits per heavy atom. The van der Waals surface area contributed by atoms with Crippen molar-refractivity contribution in [1.82, 2.24) is 34.6 Å². The molecule has 0 aliphatic carbocycles. The standard InChI is InChI=1S/C15H12N10/c1-9-13(15-19-10(2)23-25(15)22-9)20-21-14-12(16-3)8-18-24(14)11-5-4-6-17-7-11/h4-8,22H,1-2H3. The van der Waals surface area contributed by atoms with Gasteiger partial charge in [0.25, 0.3) is 5.69 Å². The number of fused-ring (bicyclic) bond motifs is 1. The lowest BCUT2D eigenvalue weighted by Crippen LogP contribution is -1.95. The van der Waals surface area contributed by atoms with E-state index >= 15 is 0 Å². The zero-order valence-corrected chi connectivity index (χ0v) is 13.4. The third-order valence-electron chi connectivity index (χ3n) is 3.53. The molecule has 0 saturated carbocycles. The lowest BCUT2D eigenvalue weighted by Gasteiger charge is -2.02. The first-order chi connectivity index (χ1) is 12.2. The van der Waals surface area contributed by atoms with E-state index in [9.17, 15) is 0 Å². The number of hydrogen-bond donors (Lipinski definition) is 1. The summed E-state index contributed by atoms with van der Waals surface area (Å²) < 4.78 is 3.07. The zero-order valence-electron chi connectivity index (χ0n) is 13.4. The summed E-state index contributed by atoms with van der Waals surface area (Å²) in [5.74, 6) is 0.961. The molecule has 0 spiro atoms. The number of aryl methyl sites for hydroxylation is 2. The van der Waals surface area contributed by atoms with E-state index in [4.69, 9.17) is 6.57 Å². The van der Waals surface area contributed by atoms with Crippen LogP contribution in [0.5, 0.6) is 0 Å². The highest BCUT2D eigenvalue weighted by Crippen LogP contribution is 2.33. The van der Waals surface area contributed by atoms with E-state index < -0.39 is 0 Å². The average Bonchev–Trinajstić information content (AvgIpc) is 3.26. The second kappa shape index (κ2) is 5.64. The van der Waals surface area contributed by atoms with Gasteiger partial charge in [-0.05, 0) is 26.0 Å². The summed E-state index contributed by atoms with van der Waals surface area (Å²) in [6.45, 7) is 11.0. The molecule has 0 aliphatic rings. The quantitative estimate of drug-likeness (QED) is 0.459. The molecule has 4 aromatic heterocycles. The number of azo groups is 1. The van der Waals surface area contributed by atoms with Crippen molar-refractivity contribution < 1.29 is 0 Å². The van der Waals surface area contributed by atoms with Crippen LogP contribution in [0.15, 0.2) is 41.0 Å². The predicted octanol–water partition coefficient (Wildman–Crippen LogP) is 3.22. The van der Waals surface area contributed by atoms with Gasteiger partial charge in [-0.1, -0.05) is 0 Å². The Hall–Kier alpha value is -3.87. The molecule has 4 rings (SSSR count). The molecule has 0 aliphatic heterocycles. The topological polar surface area (TPSA) is 106 Å². The summed E-state index contributed by atoms with van der Waals surface area (Å²) in [7, 11) is 0. The summed E-state index contributed by atoms with van der Waals surface area (Å²) >= 11 is 0. The Kier molecular flexibility index (Phi) is 3.32. The van der Waals surface area contributed by atoms with Crippen molar-refractivity contribution in [1.29, 1.82) is 0 Å². The first-order valence-electron chi connectivity index (χ1n) is 7.37. The fraction of sp³-hybridized carbons (Fsp3) is 0.133. The monoisotopic (exact) mass is 332 g/mol. The Morgan fingerprint density at radius 3 is 2.88 bits per heavy atom. The highest BCUT2D eigenvalue weighted by Gasteiger charge is 2.15. The molecular weight excluding hydrogens is 320 g/mol. The molecule has 10 heteroatoms. The van der Waals surface area contributed by atoms with Crippen molar-refractivity contribution in [2.45, 2.75) is 13.8 Å². The molecule has 122 valence electrons. The van der Waals surface area contributed by atoms with E-state index in [2.05, 4.69) is 40.3 Å². The van der Waals surface area contributed by atoms with E-state index in [1.165, 1.54) is 10.9 Å². The molecule has 0 fully saturated rings. The van der Waals surface area contributed by atoms with Gasteiger partial charge in [0.1, 0.15) is 5.82 Å². The molecule has 0 radical (unpaired) electrons. The fourth-order valence-corrected chi connectivity index (χ4v) is 2.42. The van der Waals surface area contributed by atoms with Crippen LogP contribution in [-0.4, -0.2) is 34.6 Å². The fourth-order valence-electron chi connectivity index (χ4n) is 2.42. The minimum absolute atomic E-state index is 0.300. The third-order valence-corrected chi connectivity index (χ3v) is 3.53.